The van der Waals surface area contributed by atoms with Crippen molar-refractivity contribution < 1.29 is 17.9 Å². The lowest BCUT2D eigenvalue weighted by atomic mass is 10.1. The summed E-state index contributed by atoms with van der Waals surface area (Å²) in [5.41, 5.74) is 2.40. The third-order valence-corrected chi connectivity index (χ3v) is 8.54. The molecule has 8 nitrogen and oxygen atoms in total. The van der Waals surface area contributed by atoms with Crippen LogP contribution >= 0.6 is 11.5 Å². The minimum absolute atomic E-state index is 0.0338. The van der Waals surface area contributed by atoms with Crippen molar-refractivity contribution in [3.05, 3.63) is 71.0 Å². The van der Waals surface area contributed by atoms with Crippen molar-refractivity contribution in [3.8, 4) is 0 Å². The Morgan fingerprint density at radius 1 is 1.15 bits per heavy atom. The number of rotatable bonds is 6. The molecular weight excluding hydrogens is 460 g/mol. The van der Waals surface area contributed by atoms with E-state index in [9.17, 15) is 13.2 Å². The summed E-state index contributed by atoms with van der Waals surface area (Å²) in [6, 6.07) is 14.1. The van der Waals surface area contributed by atoms with Crippen molar-refractivity contribution in [1.82, 2.24) is 13.7 Å². The summed E-state index contributed by atoms with van der Waals surface area (Å²) < 4.78 is 37.5. The summed E-state index contributed by atoms with van der Waals surface area (Å²) in [4.78, 5) is 18.8. The van der Waals surface area contributed by atoms with E-state index in [1.54, 1.807) is 12.1 Å². The van der Waals surface area contributed by atoms with Crippen molar-refractivity contribution in [2.75, 3.05) is 31.6 Å². The van der Waals surface area contributed by atoms with Crippen molar-refractivity contribution in [2.24, 2.45) is 0 Å². The molecule has 174 valence electrons. The molecule has 0 saturated carbocycles. The second-order valence-corrected chi connectivity index (χ2v) is 10.6. The molecule has 1 atom stereocenters. The first kappa shape index (κ1) is 23.3. The average molecular weight is 487 g/mol. The van der Waals surface area contributed by atoms with E-state index in [0.717, 1.165) is 16.5 Å². The maximum absolute atomic E-state index is 13.4. The van der Waals surface area contributed by atoms with Gasteiger partial charge in [-0.2, -0.15) is 8.68 Å². The quantitative estimate of drug-likeness (QED) is 0.494. The van der Waals surface area contributed by atoms with Crippen LogP contribution in [0.15, 0.2) is 53.4 Å². The maximum Gasteiger partial charge on any atom is 0.339 e. The van der Waals surface area contributed by atoms with E-state index in [1.165, 1.54) is 40.6 Å². The van der Waals surface area contributed by atoms with Gasteiger partial charge >= 0.3 is 5.97 Å². The van der Waals surface area contributed by atoms with Gasteiger partial charge < -0.3 is 9.64 Å². The molecule has 3 aromatic rings. The Balaban J connectivity index is 1.48. The standard InChI is InChI=1S/C23H26N4O4S2/c1-16-8-10-18(11-9-16)14-21-24-23(32-25-21)26-12-13-27(17(2)15-26)33(29,30)20-7-5-4-6-19(20)22(28)31-3/h4-11,17H,12-15H2,1-3H3. The number of carbonyl (C=O) groups is 1. The van der Waals surface area contributed by atoms with Gasteiger partial charge in [-0.25, -0.2) is 18.2 Å². The van der Waals surface area contributed by atoms with Crippen molar-refractivity contribution in [2.45, 2.75) is 31.2 Å². The lowest BCUT2D eigenvalue weighted by Gasteiger charge is -2.38. The van der Waals surface area contributed by atoms with Crippen molar-refractivity contribution >= 4 is 32.7 Å². The lowest BCUT2D eigenvalue weighted by Crippen LogP contribution is -2.54. The number of aromatic nitrogens is 2. The van der Waals surface area contributed by atoms with Gasteiger partial charge in [0.25, 0.3) is 0 Å². The van der Waals surface area contributed by atoms with Gasteiger partial charge in [0, 0.05) is 43.6 Å². The summed E-state index contributed by atoms with van der Waals surface area (Å²) in [7, 11) is -2.63. The first-order valence-corrected chi connectivity index (χ1v) is 12.8. The Hall–Kier alpha value is -2.82. The number of esters is 1. The minimum atomic E-state index is -3.87. The zero-order chi connectivity index (χ0) is 23.6. The zero-order valence-electron chi connectivity index (χ0n) is 18.8. The van der Waals surface area contributed by atoms with Crippen LogP contribution < -0.4 is 4.90 Å². The van der Waals surface area contributed by atoms with Crippen LogP contribution in [0, 0.1) is 6.92 Å². The summed E-state index contributed by atoms with van der Waals surface area (Å²) >= 11 is 1.33. The van der Waals surface area contributed by atoms with Gasteiger partial charge in [0.2, 0.25) is 15.2 Å². The summed E-state index contributed by atoms with van der Waals surface area (Å²) in [6.45, 7) is 5.17. The fourth-order valence-electron chi connectivity index (χ4n) is 3.90. The highest BCUT2D eigenvalue weighted by atomic mass is 32.2. The van der Waals surface area contributed by atoms with Gasteiger partial charge in [-0.3, -0.25) is 0 Å². The second-order valence-electron chi connectivity index (χ2n) is 8.05. The van der Waals surface area contributed by atoms with E-state index in [2.05, 4.69) is 45.4 Å². The molecule has 1 unspecified atom stereocenters. The minimum Gasteiger partial charge on any atom is -0.465 e. The van der Waals surface area contributed by atoms with Crippen LogP contribution in [0.1, 0.15) is 34.2 Å². The molecular formula is C23H26N4O4S2. The van der Waals surface area contributed by atoms with Crippen LogP contribution in [0.4, 0.5) is 5.13 Å². The van der Waals surface area contributed by atoms with Gasteiger partial charge in [0.05, 0.1) is 17.6 Å². The third-order valence-electron chi connectivity index (χ3n) is 5.66. The molecule has 1 aliphatic rings. The molecule has 1 aromatic heterocycles. The van der Waals surface area contributed by atoms with E-state index in [0.29, 0.717) is 19.5 Å². The molecule has 0 spiro atoms. The molecule has 1 aliphatic heterocycles. The number of ether oxygens (including phenoxy) is 1. The normalized spacial score (nSPS) is 17.2. The zero-order valence-corrected chi connectivity index (χ0v) is 20.4. The molecule has 0 N–H and O–H groups in total. The second kappa shape index (κ2) is 9.58. The Morgan fingerprint density at radius 3 is 2.58 bits per heavy atom. The Labute approximate surface area is 198 Å². The molecule has 0 radical (unpaired) electrons. The summed E-state index contributed by atoms with van der Waals surface area (Å²) in [5, 5.41) is 0.788. The van der Waals surface area contributed by atoms with Crippen LogP contribution in [-0.2, 0) is 21.2 Å². The van der Waals surface area contributed by atoms with Gasteiger partial charge in [-0.1, -0.05) is 42.0 Å². The predicted molar refractivity (Wildman–Crippen MR) is 127 cm³/mol. The van der Waals surface area contributed by atoms with E-state index in [4.69, 9.17) is 4.74 Å². The van der Waals surface area contributed by atoms with Crippen LogP contribution in [0.25, 0.3) is 0 Å². The number of aryl methyl sites for hydroxylation is 1. The number of benzene rings is 2. The number of sulfonamides is 1. The summed E-state index contributed by atoms with van der Waals surface area (Å²) in [6.07, 6.45) is 0.658. The molecule has 1 saturated heterocycles. The highest BCUT2D eigenvalue weighted by Crippen LogP contribution is 2.28. The Bertz CT molecular complexity index is 1240. The SMILES string of the molecule is COC(=O)c1ccccc1S(=O)(=O)N1CCN(c2nc(Cc3ccc(C)cc3)ns2)CC1C. The fourth-order valence-corrected chi connectivity index (χ4v) is 6.42. The molecule has 2 aromatic carbocycles. The topological polar surface area (TPSA) is 92.7 Å². The first-order valence-electron chi connectivity index (χ1n) is 10.6. The molecule has 0 aliphatic carbocycles. The third kappa shape index (κ3) is 4.92. The lowest BCUT2D eigenvalue weighted by molar-refractivity contribution is 0.0596. The van der Waals surface area contributed by atoms with Crippen LogP contribution in [-0.4, -0.2) is 60.8 Å². The Kier molecular flexibility index (Phi) is 6.78. The van der Waals surface area contributed by atoms with Gasteiger partial charge in [0.1, 0.15) is 5.82 Å². The molecule has 10 heteroatoms. The van der Waals surface area contributed by atoms with E-state index in [1.807, 2.05) is 6.92 Å². The van der Waals surface area contributed by atoms with E-state index in [-0.39, 0.29) is 23.0 Å². The fraction of sp³-hybridized carbons (Fsp3) is 0.348. The molecule has 0 amide bonds. The monoisotopic (exact) mass is 486 g/mol. The van der Waals surface area contributed by atoms with Crippen molar-refractivity contribution in [1.29, 1.82) is 0 Å². The number of carbonyl (C=O) groups excluding carboxylic acids is 1. The number of nitrogens with zero attached hydrogens (tertiary/aromatic N) is 4. The average Bonchev–Trinajstić information content (AvgIpc) is 3.28. The highest BCUT2D eigenvalue weighted by molar-refractivity contribution is 7.89. The number of methoxy groups -OCH3 is 1. The van der Waals surface area contributed by atoms with Gasteiger partial charge in [0.15, 0.2) is 0 Å². The predicted octanol–water partition coefficient (Wildman–Crippen LogP) is 3.12. The summed E-state index contributed by atoms with van der Waals surface area (Å²) in [5.74, 6) is 0.0870. The number of anilines is 1. The van der Waals surface area contributed by atoms with Crippen LogP contribution in [0.5, 0.6) is 0 Å². The first-order chi connectivity index (χ1) is 15.8. The Morgan fingerprint density at radius 2 is 1.88 bits per heavy atom. The molecule has 4 rings (SSSR count). The molecule has 0 bridgehead atoms. The van der Waals surface area contributed by atoms with E-state index >= 15 is 0 Å². The molecule has 33 heavy (non-hydrogen) atoms. The smallest absolute Gasteiger partial charge is 0.339 e. The van der Waals surface area contributed by atoms with Gasteiger partial charge in [-0.05, 0) is 31.5 Å². The maximum atomic E-state index is 13.4. The molecule has 1 fully saturated rings. The number of hydrogen-bond donors (Lipinski definition) is 0. The molecule has 2 heterocycles. The number of piperazine rings is 1. The van der Waals surface area contributed by atoms with E-state index < -0.39 is 16.0 Å². The largest absolute Gasteiger partial charge is 0.465 e. The van der Waals surface area contributed by atoms with Crippen molar-refractivity contribution in [3.63, 3.8) is 0 Å². The van der Waals surface area contributed by atoms with Gasteiger partial charge in [-0.15, -0.1) is 0 Å². The van der Waals surface area contributed by atoms with Crippen LogP contribution in [0.2, 0.25) is 0 Å². The number of hydrogen-bond acceptors (Lipinski definition) is 8. The highest BCUT2D eigenvalue weighted by Gasteiger charge is 2.36. The van der Waals surface area contributed by atoms with Crippen LogP contribution in [0.3, 0.4) is 0 Å².